The first-order valence-electron chi connectivity index (χ1n) is 5.95. The molecule has 0 aromatic rings. The van der Waals surface area contributed by atoms with Gasteiger partial charge in [0.05, 0.1) is 0 Å². The standard InChI is InChI=1S/C12H22N2O3/c1-10(9-15)8-12(17)14(2)7-5-3-4-6-11(13)16/h9-10H,3-8H2,1-2H3,(H2,13,16). The van der Waals surface area contributed by atoms with Gasteiger partial charge in [-0.1, -0.05) is 13.3 Å². The highest BCUT2D eigenvalue weighted by atomic mass is 16.2. The van der Waals surface area contributed by atoms with E-state index in [4.69, 9.17) is 5.73 Å². The maximum atomic E-state index is 11.6. The van der Waals surface area contributed by atoms with Gasteiger partial charge in [-0.25, -0.2) is 0 Å². The van der Waals surface area contributed by atoms with E-state index in [1.807, 2.05) is 0 Å². The predicted molar refractivity (Wildman–Crippen MR) is 65.1 cm³/mol. The van der Waals surface area contributed by atoms with Gasteiger partial charge < -0.3 is 15.4 Å². The number of carbonyl (C=O) groups excluding carboxylic acids is 3. The number of carbonyl (C=O) groups is 3. The van der Waals surface area contributed by atoms with Gasteiger partial charge in [-0.3, -0.25) is 9.59 Å². The predicted octanol–water partition coefficient (Wildman–Crippen LogP) is 0.716. The molecular weight excluding hydrogens is 220 g/mol. The van der Waals surface area contributed by atoms with Crippen LogP contribution in [0.15, 0.2) is 0 Å². The second-order valence-electron chi connectivity index (χ2n) is 4.41. The van der Waals surface area contributed by atoms with E-state index in [0.29, 0.717) is 13.0 Å². The van der Waals surface area contributed by atoms with Crippen molar-refractivity contribution in [2.24, 2.45) is 11.7 Å². The summed E-state index contributed by atoms with van der Waals surface area (Å²) in [5.41, 5.74) is 5.02. The molecule has 0 aromatic heterocycles. The molecular formula is C12H22N2O3. The maximum Gasteiger partial charge on any atom is 0.223 e. The van der Waals surface area contributed by atoms with Crippen molar-refractivity contribution in [3.05, 3.63) is 0 Å². The Hall–Kier alpha value is -1.39. The van der Waals surface area contributed by atoms with Crippen LogP contribution in [0.3, 0.4) is 0 Å². The number of nitrogens with two attached hydrogens (primary N) is 1. The molecule has 5 nitrogen and oxygen atoms in total. The monoisotopic (exact) mass is 242 g/mol. The highest BCUT2D eigenvalue weighted by Gasteiger charge is 2.12. The topological polar surface area (TPSA) is 80.5 Å². The molecule has 0 aromatic carbocycles. The molecule has 5 heteroatoms. The molecule has 0 rings (SSSR count). The third-order valence-corrected chi connectivity index (χ3v) is 2.57. The van der Waals surface area contributed by atoms with E-state index in [1.165, 1.54) is 0 Å². The normalized spacial score (nSPS) is 11.9. The fourth-order valence-corrected chi connectivity index (χ4v) is 1.43. The van der Waals surface area contributed by atoms with Gasteiger partial charge in [0.25, 0.3) is 0 Å². The number of nitrogens with zero attached hydrogens (tertiary/aromatic N) is 1. The molecule has 98 valence electrons. The number of rotatable bonds is 9. The van der Waals surface area contributed by atoms with Gasteiger partial charge in [0, 0.05) is 32.4 Å². The molecule has 0 saturated carbocycles. The Labute approximate surface area is 102 Å². The van der Waals surface area contributed by atoms with Crippen molar-refractivity contribution in [1.82, 2.24) is 4.90 Å². The molecule has 0 saturated heterocycles. The van der Waals surface area contributed by atoms with Crippen LogP contribution in [0.4, 0.5) is 0 Å². The molecule has 0 heterocycles. The van der Waals surface area contributed by atoms with E-state index in [9.17, 15) is 14.4 Å². The van der Waals surface area contributed by atoms with Crippen molar-refractivity contribution < 1.29 is 14.4 Å². The van der Waals surface area contributed by atoms with E-state index in [0.717, 1.165) is 25.5 Å². The zero-order valence-electron chi connectivity index (χ0n) is 10.6. The molecule has 0 spiro atoms. The first-order valence-corrected chi connectivity index (χ1v) is 5.95. The fourth-order valence-electron chi connectivity index (χ4n) is 1.43. The van der Waals surface area contributed by atoms with Crippen LogP contribution in [-0.4, -0.2) is 36.6 Å². The van der Waals surface area contributed by atoms with Gasteiger partial charge in [-0.05, 0) is 12.8 Å². The highest BCUT2D eigenvalue weighted by molar-refractivity contribution is 5.78. The van der Waals surface area contributed by atoms with Crippen molar-refractivity contribution in [1.29, 1.82) is 0 Å². The molecule has 0 aliphatic rings. The lowest BCUT2D eigenvalue weighted by Gasteiger charge is -2.17. The minimum Gasteiger partial charge on any atom is -0.370 e. The number of amides is 2. The van der Waals surface area contributed by atoms with E-state index in [2.05, 4.69) is 0 Å². The number of hydrogen-bond acceptors (Lipinski definition) is 3. The van der Waals surface area contributed by atoms with Crippen molar-refractivity contribution >= 4 is 18.1 Å². The largest absolute Gasteiger partial charge is 0.370 e. The van der Waals surface area contributed by atoms with Crippen LogP contribution >= 0.6 is 0 Å². The van der Waals surface area contributed by atoms with Crippen molar-refractivity contribution in [2.45, 2.75) is 39.0 Å². The molecule has 1 atom stereocenters. The second kappa shape index (κ2) is 8.73. The summed E-state index contributed by atoms with van der Waals surface area (Å²) in [5, 5.41) is 0. The van der Waals surface area contributed by atoms with Crippen LogP contribution in [-0.2, 0) is 14.4 Å². The molecule has 2 amide bonds. The summed E-state index contributed by atoms with van der Waals surface area (Å²) in [4.78, 5) is 34.1. The summed E-state index contributed by atoms with van der Waals surface area (Å²) < 4.78 is 0. The summed E-state index contributed by atoms with van der Waals surface area (Å²) >= 11 is 0. The summed E-state index contributed by atoms with van der Waals surface area (Å²) in [5.74, 6) is -0.520. The minimum absolute atomic E-state index is 0.0144. The van der Waals surface area contributed by atoms with E-state index >= 15 is 0 Å². The van der Waals surface area contributed by atoms with Crippen LogP contribution in [0, 0.1) is 5.92 Å². The molecule has 1 unspecified atom stereocenters. The van der Waals surface area contributed by atoms with Crippen molar-refractivity contribution in [3.63, 3.8) is 0 Å². The van der Waals surface area contributed by atoms with Crippen LogP contribution in [0.2, 0.25) is 0 Å². The quantitative estimate of drug-likeness (QED) is 0.477. The average molecular weight is 242 g/mol. The van der Waals surface area contributed by atoms with E-state index in [-0.39, 0.29) is 24.2 Å². The van der Waals surface area contributed by atoms with E-state index < -0.39 is 0 Å². The van der Waals surface area contributed by atoms with Crippen LogP contribution < -0.4 is 5.73 Å². The smallest absolute Gasteiger partial charge is 0.223 e. The summed E-state index contributed by atoms with van der Waals surface area (Å²) in [6, 6.07) is 0. The summed E-state index contributed by atoms with van der Waals surface area (Å²) in [7, 11) is 1.73. The zero-order chi connectivity index (χ0) is 13.3. The highest BCUT2D eigenvalue weighted by Crippen LogP contribution is 2.04. The molecule has 0 radical (unpaired) electrons. The van der Waals surface area contributed by atoms with Crippen LogP contribution in [0.5, 0.6) is 0 Å². The summed E-state index contributed by atoms with van der Waals surface area (Å²) in [6.45, 7) is 2.38. The third kappa shape index (κ3) is 8.42. The first-order chi connectivity index (χ1) is 7.97. The van der Waals surface area contributed by atoms with Crippen molar-refractivity contribution in [3.8, 4) is 0 Å². The Morgan fingerprint density at radius 2 is 1.94 bits per heavy atom. The SMILES string of the molecule is CC(C=O)CC(=O)N(C)CCCCCC(N)=O. The Morgan fingerprint density at radius 1 is 1.29 bits per heavy atom. The number of aldehydes is 1. The Bertz CT molecular complexity index is 266. The van der Waals surface area contributed by atoms with Gasteiger partial charge in [-0.15, -0.1) is 0 Å². The Kier molecular flexibility index (Phi) is 8.01. The number of unbranched alkanes of at least 4 members (excludes halogenated alkanes) is 2. The van der Waals surface area contributed by atoms with Gasteiger partial charge in [0.15, 0.2) is 0 Å². The minimum atomic E-state index is -0.283. The van der Waals surface area contributed by atoms with E-state index in [1.54, 1.807) is 18.9 Å². The maximum absolute atomic E-state index is 11.6. The fraction of sp³-hybridized carbons (Fsp3) is 0.750. The molecule has 0 fully saturated rings. The van der Waals surface area contributed by atoms with Crippen molar-refractivity contribution in [2.75, 3.05) is 13.6 Å². The average Bonchev–Trinajstić information content (AvgIpc) is 2.27. The van der Waals surface area contributed by atoms with Crippen LogP contribution in [0.1, 0.15) is 39.0 Å². The number of hydrogen-bond donors (Lipinski definition) is 1. The number of primary amides is 1. The zero-order valence-corrected chi connectivity index (χ0v) is 10.6. The van der Waals surface area contributed by atoms with Gasteiger partial charge in [0.1, 0.15) is 6.29 Å². The van der Waals surface area contributed by atoms with Gasteiger partial charge in [0.2, 0.25) is 11.8 Å². The lowest BCUT2D eigenvalue weighted by molar-refractivity contribution is -0.132. The molecule has 0 aliphatic carbocycles. The molecule has 2 N–H and O–H groups in total. The summed E-state index contributed by atoms with van der Waals surface area (Å²) in [6.07, 6.45) is 3.95. The van der Waals surface area contributed by atoms with Crippen LogP contribution in [0.25, 0.3) is 0 Å². The molecule has 17 heavy (non-hydrogen) atoms. The Balaban J connectivity index is 3.63. The Morgan fingerprint density at radius 3 is 2.47 bits per heavy atom. The lowest BCUT2D eigenvalue weighted by atomic mass is 10.1. The van der Waals surface area contributed by atoms with Gasteiger partial charge in [-0.2, -0.15) is 0 Å². The molecule has 0 aliphatic heterocycles. The third-order valence-electron chi connectivity index (χ3n) is 2.57. The lowest BCUT2D eigenvalue weighted by Crippen LogP contribution is -2.29. The first kappa shape index (κ1) is 15.6. The molecule has 0 bridgehead atoms. The second-order valence-corrected chi connectivity index (χ2v) is 4.41. The van der Waals surface area contributed by atoms with Gasteiger partial charge >= 0.3 is 0 Å².